The second-order valence-corrected chi connectivity index (χ2v) is 5.92. The maximum atomic E-state index is 12.1. The largest absolute Gasteiger partial charge is 0.493 e. The van der Waals surface area contributed by atoms with Crippen molar-refractivity contribution in [2.24, 2.45) is 7.05 Å². The highest BCUT2D eigenvalue weighted by atomic mass is 16.5. The summed E-state index contributed by atoms with van der Waals surface area (Å²) in [6.07, 6.45) is 1.17. The lowest BCUT2D eigenvalue weighted by Crippen LogP contribution is -2.27. The summed E-state index contributed by atoms with van der Waals surface area (Å²) in [5, 5.41) is 2.98. The standard InChI is InChI=1S/C19H26N2O3/c1-13-10-16(14(2)21(13)3)8-9-20-19(22)12-15-6-7-17(23-4)18(11-15)24-5/h6-7,10-11H,8-9,12H2,1-5H3,(H,20,22). The minimum Gasteiger partial charge on any atom is -0.493 e. The molecule has 1 aromatic heterocycles. The molecule has 1 N–H and O–H groups in total. The first-order chi connectivity index (χ1) is 11.5. The van der Waals surface area contributed by atoms with Crippen LogP contribution in [-0.4, -0.2) is 31.2 Å². The van der Waals surface area contributed by atoms with Crippen LogP contribution in [0.3, 0.4) is 0 Å². The fraction of sp³-hybridized carbons (Fsp3) is 0.421. The summed E-state index contributed by atoms with van der Waals surface area (Å²) in [5.74, 6) is 1.31. The molecule has 24 heavy (non-hydrogen) atoms. The Balaban J connectivity index is 1.88. The van der Waals surface area contributed by atoms with E-state index in [-0.39, 0.29) is 5.91 Å². The number of rotatable bonds is 7. The highest BCUT2D eigenvalue weighted by Crippen LogP contribution is 2.27. The molecule has 0 fully saturated rings. The van der Waals surface area contributed by atoms with Gasteiger partial charge in [-0.15, -0.1) is 0 Å². The fourth-order valence-electron chi connectivity index (χ4n) is 2.76. The Labute approximate surface area is 143 Å². The van der Waals surface area contributed by atoms with Crippen LogP contribution < -0.4 is 14.8 Å². The molecule has 1 aromatic carbocycles. The molecule has 0 atom stereocenters. The number of hydrogen-bond donors (Lipinski definition) is 1. The molecule has 5 nitrogen and oxygen atoms in total. The number of nitrogens with zero attached hydrogens (tertiary/aromatic N) is 1. The van der Waals surface area contributed by atoms with Gasteiger partial charge >= 0.3 is 0 Å². The van der Waals surface area contributed by atoms with Crippen LogP contribution in [0.15, 0.2) is 24.3 Å². The molecule has 0 spiro atoms. The predicted octanol–water partition coefficient (Wildman–Crippen LogP) is 2.56. The van der Waals surface area contributed by atoms with E-state index in [9.17, 15) is 4.79 Å². The van der Waals surface area contributed by atoms with Crippen molar-refractivity contribution in [1.82, 2.24) is 9.88 Å². The molecule has 0 aliphatic rings. The van der Waals surface area contributed by atoms with Crippen molar-refractivity contribution >= 4 is 5.91 Å². The van der Waals surface area contributed by atoms with Gasteiger partial charge in [-0.2, -0.15) is 0 Å². The average molecular weight is 330 g/mol. The van der Waals surface area contributed by atoms with Gasteiger partial charge in [-0.3, -0.25) is 4.79 Å². The summed E-state index contributed by atoms with van der Waals surface area (Å²) >= 11 is 0. The lowest BCUT2D eigenvalue weighted by molar-refractivity contribution is -0.120. The van der Waals surface area contributed by atoms with Crippen LogP contribution in [0.2, 0.25) is 0 Å². The van der Waals surface area contributed by atoms with Crippen molar-refractivity contribution in [1.29, 1.82) is 0 Å². The number of hydrogen-bond acceptors (Lipinski definition) is 3. The summed E-state index contributed by atoms with van der Waals surface area (Å²) in [5.41, 5.74) is 4.67. The van der Waals surface area contributed by atoms with E-state index in [1.165, 1.54) is 17.0 Å². The lowest BCUT2D eigenvalue weighted by atomic mass is 10.1. The number of nitrogens with one attached hydrogen (secondary N) is 1. The van der Waals surface area contributed by atoms with Gasteiger partial charge in [-0.05, 0) is 49.6 Å². The molecule has 0 saturated carbocycles. The van der Waals surface area contributed by atoms with Gasteiger partial charge in [0, 0.05) is 25.0 Å². The fourth-order valence-corrected chi connectivity index (χ4v) is 2.76. The predicted molar refractivity (Wildman–Crippen MR) is 94.9 cm³/mol. The third-order valence-electron chi connectivity index (χ3n) is 4.41. The van der Waals surface area contributed by atoms with E-state index < -0.39 is 0 Å². The van der Waals surface area contributed by atoms with Crippen LogP contribution >= 0.6 is 0 Å². The second kappa shape index (κ2) is 7.90. The van der Waals surface area contributed by atoms with Crippen LogP contribution in [-0.2, 0) is 24.7 Å². The Hall–Kier alpha value is -2.43. The maximum Gasteiger partial charge on any atom is 0.224 e. The zero-order chi connectivity index (χ0) is 17.7. The Morgan fingerprint density at radius 3 is 2.42 bits per heavy atom. The molecule has 1 amide bonds. The quantitative estimate of drug-likeness (QED) is 0.849. The van der Waals surface area contributed by atoms with Crippen LogP contribution in [0, 0.1) is 13.8 Å². The molecule has 130 valence electrons. The van der Waals surface area contributed by atoms with Gasteiger partial charge in [0.25, 0.3) is 0 Å². The zero-order valence-corrected chi connectivity index (χ0v) is 15.1. The van der Waals surface area contributed by atoms with Crippen molar-refractivity contribution in [2.45, 2.75) is 26.7 Å². The summed E-state index contributed by atoms with van der Waals surface area (Å²) in [6.45, 7) is 4.83. The number of carbonyl (C=O) groups excluding carboxylic acids is 1. The molecular formula is C19H26N2O3. The summed E-state index contributed by atoms with van der Waals surface area (Å²) in [6, 6.07) is 7.71. The van der Waals surface area contributed by atoms with Crippen LogP contribution in [0.25, 0.3) is 0 Å². The van der Waals surface area contributed by atoms with E-state index in [1.54, 1.807) is 14.2 Å². The first-order valence-electron chi connectivity index (χ1n) is 8.05. The molecule has 0 aliphatic heterocycles. The van der Waals surface area contributed by atoms with Crippen LogP contribution in [0.5, 0.6) is 11.5 Å². The van der Waals surface area contributed by atoms with E-state index in [1.807, 2.05) is 18.2 Å². The van der Waals surface area contributed by atoms with E-state index in [0.717, 1.165) is 12.0 Å². The van der Waals surface area contributed by atoms with Crippen LogP contribution in [0.4, 0.5) is 0 Å². The second-order valence-electron chi connectivity index (χ2n) is 5.92. The molecule has 0 saturated heterocycles. The first kappa shape index (κ1) is 17.9. The molecule has 2 aromatic rings. The third-order valence-corrected chi connectivity index (χ3v) is 4.41. The molecule has 2 rings (SSSR count). The first-order valence-corrected chi connectivity index (χ1v) is 8.05. The van der Waals surface area contributed by atoms with Gasteiger partial charge in [0.15, 0.2) is 11.5 Å². The van der Waals surface area contributed by atoms with Crippen LogP contribution in [0.1, 0.15) is 22.5 Å². The van der Waals surface area contributed by atoms with Gasteiger partial charge in [-0.1, -0.05) is 6.07 Å². The minimum atomic E-state index is 0.00697. The van der Waals surface area contributed by atoms with Crippen molar-refractivity contribution in [3.63, 3.8) is 0 Å². The van der Waals surface area contributed by atoms with E-state index >= 15 is 0 Å². The number of ether oxygens (including phenoxy) is 2. The van der Waals surface area contributed by atoms with Crippen molar-refractivity contribution in [2.75, 3.05) is 20.8 Å². The van der Waals surface area contributed by atoms with Gasteiger partial charge in [-0.25, -0.2) is 0 Å². The number of methoxy groups -OCH3 is 2. The number of benzene rings is 1. The summed E-state index contributed by atoms with van der Waals surface area (Å²) in [4.78, 5) is 12.1. The topological polar surface area (TPSA) is 52.5 Å². The van der Waals surface area contributed by atoms with E-state index in [0.29, 0.717) is 24.5 Å². The molecule has 0 aliphatic carbocycles. The van der Waals surface area contributed by atoms with E-state index in [2.05, 4.69) is 36.8 Å². The molecule has 0 bridgehead atoms. The number of carbonyl (C=O) groups is 1. The Bertz CT molecular complexity index is 720. The number of amides is 1. The average Bonchev–Trinajstić information content (AvgIpc) is 2.81. The maximum absolute atomic E-state index is 12.1. The van der Waals surface area contributed by atoms with Gasteiger partial charge in [0.05, 0.1) is 20.6 Å². The SMILES string of the molecule is COc1ccc(CC(=O)NCCc2cc(C)n(C)c2C)cc1OC. The Morgan fingerprint density at radius 1 is 1.12 bits per heavy atom. The molecule has 0 unspecified atom stereocenters. The van der Waals surface area contributed by atoms with Gasteiger partial charge in [0.1, 0.15) is 0 Å². The molecule has 1 heterocycles. The highest BCUT2D eigenvalue weighted by Gasteiger charge is 2.09. The zero-order valence-electron chi connectivity index (χ0n) is 15.1. The highest BCUT2D eigenvalue weighted by molar-refractivity contribution is 5.78. The molecule has 0 radical (unpaired) electrons. The van der Waals surface area contributed by atoms with Crippen molar-refractivity contribution < 1.29 is 14.3 Å². The smallest absolute Gasteiger partial charge is 0.224 e. The number of aryl methyl sites for hydroxylation is 1. The Morgan fingerprint density at radius 2 is 1.83 bits per heavy atom. The van der Waals surface area contributed by atoms with Gasteiger partial charge in [0.2, 0.25) is 5.91 Å². The number of aromatic nitrogens is 1. The lowest BCUT2D eigenvalue weighted by Gasteiger charge is -2.10. The van der Waals surface area contributed by atoms with Gasteiger partial charge < -0.3 is 19.4 Å². The van der Waals surface area contributed by atoms with E-state index in [4.69, 9.17) is 9.47 Å². The summed E-state index contributed by atoms with van der Waals surface area (Å²) in [7, 11) is 5.24. The monoisotopic (exact) mass is 330 g/mol. The Kier molecular flexibility index (Phi) is 5.90. The van der Waals surface area contributed by atoms with Crippen molar-refractivity contribution in [3.05, 3.63) is 46.8 Å². The summed E-state index contributed by atoms with van der Waals surface area (Å²) < 4.78 is 12.6. The molecule has 5 heteroatoms. The normalized spacial score (nSPS) is 10.5. The minimum absolute atomic E-state index is 0.00697. The third kappa shape index (κ3) is 4.10. The molecular weight excluding hydrogens is 304 g/mol. The van der Waals surface area contributed by atoms with Crippen molar-refractivity contribution in [3.8, 4) is 11.5 Å².